The number of benzene rings is 1. The summed E-state index contributed by atoms with van der Waals surface area (Å²) in [5.41, 5.74) is 3.64. The molecule has 1 aromatic carbocycles. The quantitative estimate of drug-likeness (QED) is 0.634. The molecule has 0 fully saturated rings. The molecule has 0 saturated carbocycles. The fourth-order valence-electron chi connectivity index (χ4n) is 1.19. The Balaban J connectivity index is 3.51. The highest BCUT2D eigenvalue weighted by molar-refractivity contribution is 9.10. The number of nitrogen functional groups attached to an aromatic ring is 1. The van der Waals surface area contributed by atoms with Crippen LogP contribution in [0.4, 0.5) is 18.9 Å². The van der Waals surface area contributed by atoms with Gasteiger partial charge in [-0.1, -0.05) is 15.9 Å². The molecular formula is C9H7BrF3NO. The molecule has 0 aliphatic heterocycles. The third-order valence-corrected chi connectivity index (χ3v) is 2.52. The highest BCUT2D eigenvalue weighted by Gasteiger charge is 2.36. The second-order valence-electron chi connectivity index (χ2n) is 2.94. The maximum absolute atomic E-state index is 12.5. The molecule has 2 nitrogen and oxygen atoms in total. The Kier molecular flexibility index (Phi) is 3.08. The Morgan fingerprint density at radius 1 is 1.40 bits per heavy atom. The van der Waals surface area contributed by atoms with E-state index in [0.29, 0.717) is 0 Å². The van der Waals surface area contributed by atoms with Crippen molar-refractivity contribution in [1.82, 2.24) is 0 Å². The Morgan fingerprint density at radius 3 is 2.33 bits per heavy atom. The van der Waals surface area contributed by atoms with Gasteiger partial charge in [-0.15, -0.1) is 0 Å². The predicted octanol–water partition coefficient (Wildman–Crippen LogP) is 3.25. The zero-order valence-electron chi connectivity index (χ0n) is 7.65. The van der Waals surface area contributed by atoms with Gasteiger partial charge in [0.1, 0.15) is 0 Å². The van der Waals surface area contributed by atoms with Crippen molar-refractivity contribution >= 4 is 27.4 Å². The predicted molar refractivity (Wildman–Crippen MR) is 53.6 cm³/mol. The van der Waals surface area contributed by atoms with Crippen molar-refractivity contribution in [1.29, 1.82) is 0 Å². The van der Waals surface area contributed by atoms with E-state index in [0.717, 1.165) is 6.07 Å². The number of halogens is 4. The summed E-state index contributed by atoms with van der Waals surface area (Å²) in [5.74, 6) is -0.495. The minimum absolute atomic E-state index is 0.120. The number of carbonyl (C=O) groups is 1. The number of hydrogen-bond acceptors (Lipinski definition) is 2. The summed E-state index contributed by atoms with van der Waals surface area (Å²) in [6.07, 6.45) is -4.58. The van der Waals surface area contributed by atoms with Gasteiger partial charge < -0.3 is 5.73 Å². The minimum Gasteiger partial charge on any atom is -0.398 e. The van der Waals surface area contributed by atoms with Crippen molar-refractivity contribution in [3.63, 3.8) is 0 Å². The van der Waals surface area contributed by atoms with Crippen LogP contribution in [0.1, 0.15) is 22.8 Å². The van der Waals surface area contributed by atoms with Gasteiger partial charge in [0.05, 0.1) is 11.3 Å². The molecule has 0 unspecified atom stereocenters. The van der Waals surface area contributed by atoms with E-state index >= 15 is 0 Å². The van der Waals surface area contributed by atoms with E-state index in [1.807, 2.05) is 0 Å². The first kappa shape index (κ1) is 12.0. The van der Waals surface area contributed by atoms with Crippen LogP contribution < -0.4 is 5.73 Å². The average Bonchev–Trinajstić information content (AvgIpc) is 2.00. The molecule has 82 valence electrons. The van der Waals surface area contributed by atoms with Crippen LogP contribution in [-0.2, 0) is 6.18 Å². The lowest BCUT2D eigenvalue weighted by Crippen LogP contribution is -2.13. The van der Waals surface area contributed by atoms with Crippen LogP contribution in [-0.4, -0.2) is 5.78 Å². The minimum atomic E-state index is -4.58. The summed E-state index contributed by atoms with van der Waals surface area (Å²) in [6.45, 7) is 1.17. The summed E-state index contributed by atoms with van der Waals surface area (Å²) in [5, 5.41) is 0. The molecule has 6 heteroatoms. The standard InChI is InChI=1S/C9H7BrF3NO/c1-4(15)5-2-3-6(10)7(8(5)14)9(11,12)13/h2-3H,14H2,1H3. The SMILES string of the molecule is CC(=O)c1ccc(Br)c(C(F)(F)F)c1N. The highest BCUT2D eigenvalue weighted by atomic mass is 79.9. The van der Waals surface area contributed by atoms with E-state index in [-0.39, 0.29) is 10.0 Å². The molecule has 0 bridgehead atoms. The number of nitrogens with two attached hydrogens (primary N) is 1. The Bertz CT molecular complexity index is 415. The third kappa shape index (κ3) is 2.31. The van der Waals surface area contributed by atoms with Gasteiger partial charge in [-0.3, -0.25) is 4.79 Å². The molecule has 15 heavy (non-hydrogen) atoms. The van der Waals surface area contributed by atoms with E-state index in [4.69, 9.17) is 5.73 Å². The van der Waals surface area contributed by atoms with Gasteiger partial charge >= 0.3 is 6.18 Å². The summed E-state index contributed by atoms with van der Waals surface area (Å²) in [4.78, 5) is 11.0. The molecular weight excluding hydrogens is 275 g/mol. The smallest absolute Gasteiger partial charge is 0.398 e. The third-order valence-electron chi connectivity index (χ3n) is 1.86. The number of hydrogen-bond donors (Lipinski definition) is 1. The highest BCUT2D eigenvalue weighted by Crippen LogP contribution is 2.40. The molecule has 1 aromatic rings. The molecule has 1 rings (SSSR count). The first-order chi connectivity index (χ1) is 6.75. The fraction of sp³-hybridized carbons (Fsp3) is 0.222. The van der Waals surface area contributed by atoms with Crippen LogP contribution in [0, 0.1) is 0 Å². The van der Waals surface area contributed by atoms with Gasteiger partial charge in [0.2, 0.25) is 0 Å². The molecule has 0 saturated heterocycles. The zero-order chi connectivity index (χ0) is 11.8. The van der Waals surface area contributed by atoms with E-state index in [2.05, 4.69) is 15.9 Å². The fourth-order valence-corrected chi connectivity index (χ4v) is 1.76. The molecule has 0 aliphatic rings. The van der Waals surface area contributed by atoms with Gasteiger partial charge in [0, 0.05) is 10.0 Å². The second kappa shape index (κ2) is 3.84. The molecule has 0 amide bonds. The largest absolute Gasteiger partial charge is 0.419 e. The molecule has 0 heterocycles. The summed E-state index contributed by atoms with van der Waals surface area (Å²) < 4.78 is 37.4. The van der Waals surface area contributed by atoms with Crippen molar-refractivity contribution in [2.75, 3.05) is 5.73 Å². The van der Waals surface area contributed by atoms with Crippen LogP contribution in [0.25, 0.3) is 0 Å². The van der Waals surface area contributed by atoms with Gasteiger partial charge in [0.25, 0.3) is 0 Å². The molecule has 0 aliphatic carbocycles. The number of anilines is 1. The average molecular weight is 282 g/mol. The first-order valence-corrected chi connectivity index (χ1v) is 4.70. The summed E-state index contributed by atoms with van der Waals surface area (Å²) in [7, 11) is 0. The van der Waals surface area contributed by atoms with E-state index in [1.165, 1.54) is 13.0 Å². The van der Waals surface area contributed by atoms with Crippen LogP contribution in [0.15, 0.2) is 16.6 Å². The maximum Gasteiger partial charge on any atom is 0.419 e. The molecule has 0 radical (unpaired) electrons. The zero-order valence-corrected chi connectivity index (χ0v) is 9.24. The van der Waals surface area contributed by atoms with E-state index in [9.17, 15) is 18.0 Å². The molecule has 0 spiro atoms. The Labute approximate surface area is 92.4 Å². The number of Topliss-reactive ketones (excluding diaryl/α,β-unsaturated/α-hetero) is 1. The number of carbonyl (C=O) groups excluding carboxylic acids is 1. The van der Waals surface area contributed by atoms with Crippen LogP contribution in [0.3, 0.4) is 0 Å². The van der Waals surface area contributed by atoms with E-state index < -0.39 is 23.2 Å². The lowest BCUT2D eigenvalue weighted by Gasteiger charge is -2.14. The van der Waals surface area contributed by atoms with Crippen molar-refractivity contribution in [2.45, 2.75) is 13.1 Å². The number of rotatable bonds is 1. The van der Waals surface area contributed by atoms with Crippen LogP contribution in [0.2, 0.25) is 0 Å². The summed E-state index contributed by atoms with van der Waals surface area (Å²) in [6, 6.07) is 2.42. The monoisotopic (exact) mass is 281 g/mol. The topological polar surface area (TPSA) is 43.1 Å². The lowest BCUT2D eigenvalue weighted by molar-refractivity contribution is -0.137. The second-order valence-corrected chi connectivity index (χ2v) is 3.79. The van der Waals surface area contributed by atoms with E-state index in [1.54, 1.807) is 0 Å². The molecule has 2 N–H and O–H groups in total. The Hall–Kier alpha value is -1.04. The van der Waals surface area contributed by atoms with Crippen molar-refractivity contribution in [2.24, 2.45) is 0 Å². The number of ketones is 1. The molecule has 0 aromatic heterocycles. The first-order valence-electron chi connectivity index (χ1n) is 3.91. The van der Waals surface area contributed by atoms with Crippen molar-refractivity contribution in [3.05, 3.63) is 27.7 Å². The maximum atomic E-state index is 12.5. The van der Waals surface area contributed by atoms with Gasteiger partial charge in [0.15, 0.2) is 5.78 Å². The van der Waals surface area contributed by atoms with Gasteiger partial charge in [-0.05, 0) is 19.1 Å². The van der Waals surface area contributed by atoms with Crippen LogP contribution in [0.5, 0.6) is 0 Å². The number of alkyl halides is 3. The molecule has 0 atom stereocenters. The van der Waals surface area contributed by atoms with Gasteiger partial charge in [-0.2, -0.15) is 13.2 Å². The summed E-state index contributed by atoms with van der Waals surface area (Å²) >= 11 is 2.75. The van der Waals surface area contributed by atoms with Crippen LogP contribution >= 0.6 is 15.9 Å². The van der Waals surface area contributed by atoms with Gasteiger partial charge in [-0.25, -0.2) is 0 Å². The van der Waals surface area contributed by atoms with Crippen molar-refractivity contribution in [3.8, 4) is 0 Å². The normalized spacial score (nSPS) is 11.5. The lowest BCUT2D eigenvalue weighted by atomic mass is 10.0. The Morgan fingerprint density at radius 2 is 1.93 bits per heavy atom. The van der Waals surface area contributed by atoms with Crippen molar-refractivity contribution < 1.29 is 18.0 Å².